The molecule has 1 aliphatic rings. The molecule has 0 saturated carbocycles. The average Bonchev–Trinajstić information content (AvgIpc) is 2.44. The highest BCUT2D eigenvalue weighted by molar-refractivity contribution is 5.96. The van der Waals surface area contributed by atoms with E-state index in [4.69, 9.17) is 4.84 Å². The second-order valence-corrected chi connectivity index (χ2v) is 4.19. The molecule has 3 amide bonds. The summed E-state index contributed by atoms with van der Waals surface area (Å²) in [6.07, 6.45) is 1.80. The molecule has 0 aromatic heterocycles. The van der Waals surface area contributed by atoms with E-state index in [9.17, 15) is 9.59 Å². The number of hydrogen-bond donors (Lipinski definition) is 0. The van der Waals surface area contributed by atoms with Crippen LogP contribution in [0.25, 0.3) is 0 Å². The van der Waals surface area contributed by atoms with Crippen LogP contribution in [0.4, 0.5) is 4.79 Å². The van der Waals surface area contributed by atoms with Crippen LogP contribution in [0.1, 0.15) is 12.0 Å². The molecule has 1 saturated heterocycles. The van der Waals surface area contributed by atoms with E-state index in [1.807, 2.05) is 30.3 Å². The van der Waals surface area contributed by atoms with Gasteiger partial charge < -0.3 is 0 Å². The number of hydroxylamine groups is 2. The molecule has 2 rings (SSSR count). The third-order valence-electron chi connectivity index (χ3n) is 2.82. The largest absolute Gasteiger partial charge is 0.350 e. The Labute approximate surface area is 112 Å². The number of carbonyl (C=O) groups is 2. The molecular formula is C14H16N2O3. The molecule has 5 heteroatoms. The lowest BCUT2D eigenvalue weighted by Gasteiger charge is -2.32. The van der Waals surface area contributed by atoms with Crippen molar-refractivity contribution in [3.8, 4) is 0 Å². The first-order valence-electron chi connectivity index (χ1n) is 6.12. The van der Waals surface area contributed by atoms with Crippen molar-refractivity contribution in [3.63, 3.8) is 0 Å². The number of imide groups is 1. The molecule has 5 nitrogen and oxygen atoms in total. The maximum Gasteiger partial charge on any atom is 0.350 e. The number of rotatable bonds is 5. The lowest BCUT2D eigenvalue weighted by Crippen LogP contribution is -2.51. The van der Waals surface area contributed by atoms with Gasteiger partial charge in [0.05, 0.1) is 6.54 Å². The second-order valence-electron chi connectivity index (χ2n) is 4.19. The molecule has 0 unspecified atom stereocenters. The Morgan fingerprint density at radius 3 is 2.68 bits per heavy atom. The molecule has 0 radical (unpaired) electrons. The minimum atomic E-state index is -0.424. The highest BCUT2D eigenvalue weighted by Crippen LogP contribution is 2.13. The summed E-state index contributed by atoms with van der Waals surface area (Å²) in [4.78, 5) is 30.2. The zero-order valence-electron chi connectivity index (χ0n) is 10.6. The molecule has 0 aliphatic carbocycles. The van der Waals surface area contributed by atoms with E-state index in [0.29, 0.717) is 6.61 Å². The zero-order valence-corrected chi connectivity index (χ0v) is 10.6. The van der Waals surface area contributed by atoms with Crippen LogP contribution < -0.4 is 0 Å². The number of benzene rings is 1. The zero-order chi connectivity index (χ0) is 13.7. The third-order valence-corrected chi connectivity index (χ3v) is 2.82. The summed E-state index contributed by atoms with van der Waals surface area (Å²) < 4.78 is 0. The van der Waals surface area contributed by atoms with E-state index < -0.39 is 6.03 Å². The molecule has 0 bridgehead atoms. The maximum atomic E-state index is 12.0. The minimum Gasteiger partial charge on any atom is -0.274 e. The average molecular weight is 260 g/mol. The number of carbonyl (C=O) groups excluding carboxylic acids is 2. The van der Waals surface area contributed by atoms with Crippen molar-refractivity contribution in [1.82, 2.24) is 9.96 Å². The van der Waals surface area contributed by atoms with E-state index in [1.165, 1.54) is 11.1 Å². The highest BCUT2D eigenvalue weighted by atomic mass is 16.7. The van der Waals surface area contributed by atoms with Crippen molar-refractivity contribution in [2.45, 2.75) is 13.0 Å². The van der Waals surface area contributed by atoms with Crippen molar-refractivity contribution in [1.29, 1.82) is 0 Å². The second kappa shape index (κ2) is 6.15. The van der Waals surface area contributed by atoms with Crippen LogP contribution in [0.5, 0.6) is 0 Å². The van der Waals surface area contributed by atoms with Crippen LogP contribution in [0.2, 0.25) is 0 Å². The van der Waals surface area contributed by atoms with Crippen molar-refractivity contribution in [3.05, 3.63) is 48.6 Å². The van der Waals surface area contributed by atoms with Crippen molar-refractivity contribution >= 4 is 11.9 Å². The van der Waals surface area contributed by atoms with Gasteiger partial charge in [-0.2, -0.15) is 0 Å². The van der Waals surface area contributed by atoms with Gasteiger partial charge in [0.15, 0.2) is 0 Å². The lowest BCUT2D eigenvalue weighted by atomic mass is 10.2. The summed E-state index contributed by atoms with van der Waals surface area (Å²) in [5.74, 6) is -0.190. The van der Waals surface area contributed by atoms with Gasteiger partial charge in [-0.15, -0.1) is 6.58 Å². The Morgan fingerprint density at radius 2 is 2.00 bits per heavy atom. The molecule has 0 spiro atoms. The van der Waals surface area contributed by atoms with Crippen molar-refractivity contribution < 1.29 is 14.4 Å². The minimum absolute atomic E-state index is 0.190. The summed E-state index contributed by atoms with van der Waals surface area (Å²) >= 11 is 0. The first kappa shape index (κ1) is 13.3. The predicted octanol–water partition coefficient (Wildman–Crippen LogP) is 1.96. The van der Waals surface area contributed by atoms with E-state index in [1.54, 1.807) is 0 Å². The standard InChI is InChI=1S/C14H16N2O3/c1-2-9-15-13(17)8-10-16(14(15)18)19-11-12-6-4-3-5-7-12/h2-7H,1,8-11H2. The van der Waals surface area contributed by atoms with Crippen LogP contribution in [0.15, 0.2) is 43.0 Å². The fourth-order valence-corrected chi connectivity index (χ4v) is 1.82. The summed E-state index contributed by atoms with van der Waals surface area (Å²) in [5, 5.41) is 1.23. The highest BCUT2D eigenvalue weighted by Gasteiger charge is 2.31. The van der Waals surface area contributed by atoms with Gasteiger partial charge in [0.1, 0.15) is 6.61 Å². The fourth-order valence-electron chi connectivity index (χ4n) is 1.82. The number of hydrogen-bond acceptors (Lipinski definition) is 3. The number of nitrogens with zero attached hydrogens (tertiary/aromatic N) is 2. The Kier molecular flexibility index (Phi) is 4.30. The van der Waals surface area contributed by atoms with E-state index in [2.05, 4.69) is 6.58 Å². The van der Waals surface area contributed by atoms with Gasteiger partial charge in [0, 0.05) is 13.0 Å². The van der Waals surface area contributed by atoms with Gasteiger partial charge in [-0.25, -0.2) is 9.86 Å². The summed E-state index contributed by atoms with van der Waals surface area (Å²) in [6, 6.07) is 9.14. The van der Waals surface area contributed by atoms with Crippen LogP contribution >= 0.6 is 0 Å². The first-order chi connectivity index (χ1) is 9.22. The van der Waals surface area contributed by atoms with Crippen molar-refractivity contribution in [2.75, 3.05) is 13.1 Å². The molecule has 1 aliphatic heterocycles. The Bertz CT molecular complexity index is 473. The van der Waals surface area contributed by atoms with Gasteiger partial charge in [-0.1, -0.05) is 36.4 Å². The molecule has 0 N–H and O–H groups in total. The number of amides is 3. The fraction of sp³-hybridized carbons (Fsp3) is 0.286. The Morgan fingerprint density at radius 1 is 1.26 bits per heavy atom. The summed E-state index contributed by atoms with van der Waals surface area (Å²) in [7, 11) is 0. The van der Waals surface area contributed by atoms with Crippen LogP contribution in [-0.4, -0.2) is 35.0 Å². The Hall–Kier alpha value is -2.14. The summed E-state index contributed by atoms with van der Waals surface area (Å²) in [6.45, 7) is 4.35. The summed E-state index contributed by atoms with van der Waals surface area (Å²) in [5.41, 5.74) is 0.975. The van der Waals surface area contributed by atoms with Crippen LogP contribution in [-0.2, 0) is 16.2 Å². The molecular weight excluding hydrogens is 244 g/mol. The Balaban J connectivity index is 1.95. The van der Waals surface area contributed by atoms with Gasteiger partial charge in [0.2, 0.25) is 5.91 Å². The third kappa shape index (κ3) is 3.20. The molecule has 0 atom stereocenters. The molecule has 1 heterocycles. The predicted molar refractivity (Wildman–Crippen MR) is 69.9 cm³/mol. The maximum absolute atomic E-state index is 12.0. The normalized spacial score (nSPS) is 15.8. The smallest absolute Gasteiger partial charge is 0.274 e. The molecule has 19 heavy (non-hydrogen) atoms. The molecule has 1 aromatic carbocycles. The van der Waals surface area contributed by atoms with Gasteiger partial charge >= 0.3 is 6.03 Å². The van der Waals surface area contributed by atoms with Gasteiger partial charge in [-0.05, 0) is 5.56 Å². The quantitative estimate of drug-likeness (QED) is 0.760. The topological polar surface area (TPSA) is 49.9 Å². The first-order valence-corrected chi connectivity index (χ1v) is 6.12. The van der Waals surface area contributed by atoms with E-state index in [0.717, 1.165) is 10.5 Å². The lowest BCUT2D eigenvalue weighted by molar-refractivity contribution is -0.160. The van der Waals surface area contributed by atoms with Gasteiger partial charge in [0.25, 0.3) is 0 Å². The van der Waals surface area contributed by atoms with Gasteiger partial charge in [-0.3, -0.25) is 14.5 Å². The van der Waals surface area contributed by atoms with Crippen LogP contribution in [0, 0.1) is 0 Å². The van der Waals surface area contributed by atoms with Crippen molar-refractivity contribution in [2.24, 2.45) is 0 Å². The van der Waals surface area contributed by atoms with Crippen LogP contribution in [0.3, 0.4) is 0 Å². The SMILES string of the molecule is C=CCN1C(=O)CCN(OCc2ccccc2)C1=O. The van der Waals surface area contributed by atoms with E-state index in [-0.39, 0.29) is 25.4 Å². The molecule has 1 fully saturated rings. The monoisotopic (exact) mass is 260 g/mol. The van der Waals surface area contributed by atoms with E-state index >= 15 is 0 Å². The molecule has 100 valence electrons. The number of urea groups is 1. The molecule has 1 aromatic rings.